The Kier molecular flexibility index (Phi) is 7.81. The third kappa shape index (κ3) is 4.47. The second-order valence-electron chi connectivity index (χ2n) is 12.3. The monoisotopic (exact) mass is 555 g/mol. The minimum absolute atomic E-state index is 0.0658. The van der Waals surface area contributed by atoms with E-state index >= 15 is 0 Å². The molecule has 1 aromatic rings. The van der Waals surface area contributed by atoms with Gasteiger partial charge in [0.1, 0.15) is 22.8 Å². The predicted molar refractivity (Wildman–Crippen MR) is 151 cm³/mol. The normalized spacial score (nSPS) is 26.3. The first-order valence-electron chi connectivity index (χ1n) is 13.8. The largest absolute Gasteiger partial charge is 0.508 e. The van der Waals surface area contributed by atoms with Crippen molar-refractivity contribution in [3.63, 3.8) is 0 Å². The van der Waals surface area contributed by atoms with Gasteiger partial charge in [0, 0.05) is 31.3 Å². The first kappa shape index (κ1) is 29.6. The van der Waals surface area contributed by atoms with E-state index in [4.69, 9.17) is 5.73 Å². The number of nitrogens with two attached hydrogens (primary N) is 1. The lowest BCUT2D eigenvalue weighted by Gasteiger charge is -2.50. The third-order valence-corrected chi connectivity index (χ3v) is 8.74. The maximum absolute atomic E-state index is 14.0. The number of phenols is 1. The Hall–Kier alpha value is -3.37. The predicted octanol–water partition coefficient (Wildman–Crippen LogP) is 2.40. The van der Waals surface area contributed by atoms with E-state index in [1.165, 1.54) is 4.90 Å². The number of benzene rings is 1. The van der Waals surface area contributed by atoms with Crippen molar-refractivity contribution in [2.24, 2.45) is 23.5 Å². The molecule has 1 amide bonds. The maximum atomic E-state index is 14.0. The van der Waals surface area contributed by atoms with E-state index in [0.717, 1.165) is 24.9 Å². The van der Waals surface area contributed by atoms with Gasteiger partial charge in [0.15, 0.2) is 11.4 Å². The number of carbonyl (C=O) groups excluding carboxylic acids is 3. The lowest BCUT2D eigenvalue weighted by Crippen LogP contribution is -2.65. The fourth-order valence-corrected chi connectivity index (χ4v) is 6.80. The zero-order valence-corrected chi connectivity index (χ0v) is 24.1. The molecule has 10 nitrogen and oxygen atoms in total. The molecule has 0 bridgehead atoms. The van der Waals surface area contributed by atoms with Gasteiger partial charge in [0.2, 0.25) is 5.78 Å². The number of aliphatic hydroxyl groups excluding tert-OH is 2. The van der Waals surface area contributed by atoms with Gasteiger partial charge in [-0.2, -0.15) is 0 Å². The number of primary amides is 1. The lowest BCUT2D eigenvalue weighted by atomic mass is 9.57. The van der Waals surface area contributed by atoms with Crippen LogP contribution >= 0.6 is 0 Å². The lowest BCUT2D eigenvalue weighted by molar-refractivity contribution is -0.153. The van der Waals surface area contributed by atoms with E-state index in [0.29, 0.717) is 23.5 Å². The van der Waals surface area contributed by atoms with Crippen LogP contribution < -0.4 is 10.6 Å². The molecular weight excluding hydrogens is 514 g/mol. The minimum Gasteiger partial charge on any atom is -0.508 e. The van der Waals surface area contributed by atoms with Gasteiger partial charge in [-0.1, -0.05) is 26.7 Å². The molecule has 0 saturated heterocycles. The summed E-state index contributed by atoms with van der Waals surface area (Å²) in [4.78, 5) is 42.8. The van der Waals surface area contributed by atoms with Gasteiger partial charge in [-0.25, -0.2) is 0 Å². The summed E-state index contributed by atoms with van der Waals surface area (Å²) in [5, 5.41) is 45.7. The number of phenolic OH excluding ortho intramolecular Hbond substituents is 1. The molecule has 0 unspecified atom stereocenters. The molecule has 1 fully saturated rings. The van der Waals surface area contributed by atoms with Gasteiger partial charge in [0.25, 0.3) is 5.91 Å². The van der Waals surface area contributed by atoms with Crippen molar-refractivity contribution < 1.29 is 34.8 Å². The Balaban J connectivity index is 1.89. The van der Waals surface area contributed by atoms with Crippen LogP contribution in [-0.2, 0) is 27.2 Å². The highest BCUT2D eigenvalue weighted by molar-refractivity contribution is 6.24. The Labute approximate surface area is 234 Å². The topological polar surface area (TPSA) is 165 Å². The molecular formula is C30H41N3O7. The van der Waals surface area contributed by atoms with E-state index in [2.05, 4.69) is 13.8 Å². The second kappa shape index (κ2) is 10.6. The Morgan fingerprint density at radius 1 is 1.12 bits per heavy atom. The molecule has 4 atom stereocenters. The summed E-state index contributed by atoms with van der Waals surface area (Å²) in [6.07, 6.45) is 3.79. The van der Waals surface area contributed by atoms with Crippen LogP contribution in [-0.4, -0.2) is 82.6 Å². The van der Waals surface area contributed by atoms with Gasteiger partial charge in [-0.3, -0.25) is 19.3 Å². The van der Waals surface area contributed by atoms with Crippen LogP contribution in [0.15, 0.2) is 23.0 Å². The molecule has 0 radical (unpaired) electrons. The molecule has 0 spiro atoms. The molecule has 1 aromatic carbocycles. The number of hydrogen-bond acceptors (Lipinski definition) is 9. The summed E-state index contributed by atoms with van der Waals surface area (Å²) >= 11 is 0. The number of ketones is 2. The highest BCUT2D eigenvalue weighted by atomic mass is 16.3. The maximum Gasteiger partial charge on any atom is 0.255 e. The number of aromatic hydroxyl groups is 1. The number of unbranched alkanes of at least 4 members (excludes halogenated alkanes) is 1. The SMILES string of the molecule is CC(C)CCCCc1cc(N(C)C)c2c(c1O)C(O)=C1C(=O)[C@]3(O)C(O)=C(C(N)=O)C(=O)[C@@H](N(C)C)[C@@H]3C[C@@H]1C2. The van der Waals surface area contributed by atoms with Crippen LogP contribution in [0, 0.1) is 17.8 Å². The van der Waals surface area contributed by atoms with Crippen molar-refractivity contribution in [2.75, 3.05) is 33.1 Å². The summed E-state index contributed by atoms with van der Waals surface area (Å²) < 4.78 is 0. The number of rotatable bonds is 8. The number of nitrogens with zero attached hydrogens (tertiary/aromatic N) is 2. The Morgan fingerprint density at radius 2 is 1.77 bits per heavy atom. The molecule has 10 heteroatoms. The second-order valence-corrected chi connectivity index (χ2v) is 12.3. The molecule has 3 aliphatic carbocycles. The molecule has 218 valence electrons. The third-order valence-electron chi connectivity index (χ3n) is 8.74. The molecule has 1 saturated carbocycles. The molecule has 6 N–H and O–H groups in total. The number of carbonyl (C=O) groups is 3. The summed E-state index contributed by atoms with van der Waals surface area (Å²) in [6, 6.07) is 0.816. The molecule has 0 heterocycles. The van der Waals surface area contributed by atoms with E-state index in [9.17, 15) is 34.8 Å². The number of aryl methyl sites for hydroxylation is 1. The van der Waals surface area contributed by atoms with Crippen LogP contribution in [0.1, 0.15) is 56.2 Å². The smallest absolute Gasteiger partial charge is 0.255 e. The van der Waals surface area contributed by atoms with E-state index in [1.54, 1.807) is 14.1 Å². The average molecular weight is 556 g/mol. The van der Waals surface area contributed by atoms with Crippen molar-refractivity contribution in [3.05, 3.63) is 39.7 Å². The standard InChI is InChI=1S/C30H41N3O7/c1-14(2)9-7-8-10-15-13-19(32(3)4)17-11-16-12-18-23(33(5)6)26(36)22(29(31)39)28(38)30(18,40)27(37)20(16)25(35)21(17)24(15)34/h13-14,16,18,23,34-35,38,40H,7-12H2,1-6H3,(H2,31,39)/t16-,18-,23-,30-/m0/s1. The number of fused-ring (bicyclic) bond motifs is 3. The minimum atomic E-state index is -2.64. The van der Waals surface area contributed by atoms with Crippen LogP contribution in [0.2, 0.25) is 0 Å². The Morgan fingerprint density at radius 3 is 2.33 bits per heavy atom. The first-order valence-corrected chi connectivity index (χ1v) is 13.8. The number of anilines is 1. The molecule has 40 heavy (non-hydrogen) atoms. The van der Waals surface area contributed by atoms with Crippen molar-refractivity contribution in [1.82, 2.24) is 4.90 Å². The number of amides is 1. The zero-order chi connectivity index (χ0) is 29.8. The van der Waals surface area contributed by atoms with Gasteiger partial charge in [-0.05, 0) is 68.8 Å². The van der Waals surface area contributed by atoms with E-state index < -0.39 is 58.0 Å². The van der Waals surface area contributed by atoms with Crippen molar-refractivity contribution in [3.8, 4) is 5.75 Å². The highest BCUT2D eigenvalue weighted by Crippen LogP contribution is 2.54. The number of Topliss-reactive ketones (excluding diaryl/α,β-unsaturated/α-hetero) is 2. The number of aliphatic hydroxyl groups is 3. The van der Waals surface area contributed by atoms with Gasteiger partial charge in [-0.15, -0.1) is 0 Å². The molecule has 4 rings (SSSR count). The van der Waals surface area contributed by atoms with Crippen molar-refractivity contribution in [1.29, 1.82) is 0 Å². The van der Waals surface area contributed by atoms with Crippen LogP contribution in [0.3, 0.4) is 0 Å². The van der Waals surface area contributed by atoms with E-state index in [-0.39, 0.29) is 29.7 Å². The van der Waals surface area contributed by atoms with Crippen LogP contribution in [0.5, 0.6) is 5.75 Å². The average Bonchev–Trinajstić information content (AvgIpc) is 2.84. The number of likely N-dealkylation sites (N-methyl/N-ethyl adjacent to an activating group) is 1. The fraction of sp³-hybridized carbons (Fsp3) is 0.567. The summed E-state index contributed by atoms with van der Waals surface area (Å²) in [5.41, 5.74) is 4.05. The van der Waals surface area contributed by atoms with Crippen LogP contribution in [0.25, 0.3) is 5.76 Å². The summed E-state index contributed by atoms with van der Waals surface area (Å²) in [5.74, 6) is -5.80. The summed E-state index contributed by atoms with van der Waals surface area (Å²) in [7, 11) is 6.90. The van der Waals surface area contributed by atoms with Crippen LogP contribution in [0.4, 0.5) is 5.69 Å². The van der Waals surface area contributed by atoms with Crippen molar-refractivity contribution in [2.45, 2.75) is 64.0 Å². The summed E-state index contributed by atoms with van der Waals surface area (Å²) in [6.45, 7) is 4.31. The van der Waals surface area contributed by atoms with Gasteiger partial charge in [0.05, 0.1) is 11.6 Å². The fourth-order valence-electron chi connectivity index (χ4n) is 6.80. The first-order chi connectivity index (χ1) is 18.6. The Bertz CT molecular complexity index is 1330. The molecule has 3 aliphatic rings. The van der Waals surface area contributed by atoms with Crippen molar-refractivity contribution >= 4 is 28.9 Å². The molecule has 0 aliphatic heterocycles. The highest BCUT2D eigenvalue weighted by Gasteiger charge is 2.64. The zero-order valence-electron chi connectivity index (χ0n) is 24.1. The van der Waals surface area contributed by atoms with E-state index in [1.807, 2.05) is 25.1 Å². The molecule has 0 aromatic heterocycles. The quantitative estimate of drug-likeness (QED) is 0.239. The number of hydrogen-bond donors (Lipinski definition) is 5. The van der Waals surface area contributed by atoms with Gasteiger partial charge >= 0.3 is 0 Å². The van der Waals surface area contributed by atoms with Gasteiger partial charge < -0.3 is 31.1 Å².